The van der Waals surface area contributed by atoms with Crippen LogP contribution in [-0.4, -0.2) is 25.8 Å². The van der Waals surface area contributed by atoms with E-state index in [0.29, 0.717) is 32.7 Å². The summed E-state index contributed by atoms with van der Waals surface area (Å²) >= 11 is 0. The van der Waals surface area contributed by atoms with Crippen LogP contribution in [0.1, 0.15) is 40.0 Å². The van der Waals surface area contributed by atoms with Gasteiger partial charge < -0.3 is 14.2 Å². The van der Waals surface area contributed by atoms with E-state index >= 15 is 0 Å². The zero-order valence-corrected chi connectivity index (χ0v) is 9.91. The average Bonchev–Trinajstić information content (AvgIpc) is 2.19. The number of ether oxygens (including phenoxy) is 3. The van der Waals surface area contributed by atoms with Gasteiger partial charge in [0.1, 0.15) is 0 Å². The Balaban J connectivity index is 4.25. The van der Waals surface area contributed by atoms with E-state index < -0.39 is 5.97 Å². The first-order valence-corrected chi connectivity index (χ1v) is 5.53. The third-order valence-corrected chi connectivity index (χ3v) is 1.86. The van der Waals surface area contributed by atoms with Gasteiger partial charge in [-0.3, -0.25) is 0 Å². The molecule has 0 aliphatic heterocycles. The molecule has 0 aromatic rings. The molecule has 0 saturated carbocycles. The Morgan fingerprint density at radius 2 is 1.47 bits per heavy atom. The number of unbranched alkanes of at least 4 members (excludes halogenated alkanes) is 1. The molecule has 0 saturated heterocycles. The summed E-state index contributed by atoms with van der Waals surface area (Å²) in [5, 5.41) is 8.48. The predicted octanol–water partition coefficient (Wildman–Crippen LogP) is 2.44. The van der Waals surface area contributed by atoms with Crippen molar-refractivity contribution in [1.29, 1.82) is 5.26 Å². The monoisotopic (exact) mass is 215 g/mol. The van der Waals surface area contributed by atoms with Crippen molar-refractivity contribution >= 4 is 0 Å². The third-order valence-electron chi connectivity index (χ3n) is 1.86. The molecule has 0 fully saturated rings. The lowest BCUT2D eigenvalue weighted by Crippen LogP contribution is -2.39. The van der Waals surface area contributed by atoms with Gasteiger partial charge in [0, 0.05) is 32.7 Å². The van der Waals surface area contributed by atoms with Gasteiger partial charge in [0.2, 0.25) is 0 Å². The molecule has 0 rings (SSSR count). The van der Waals surface area contributed by atoms with Gasteiger partial charge in [-0.1, -0.05) is 0 Å². The fourth-order valence-electron chi connectivity index (χ4n) is 1.39. The summed E-state index contributed by atoms with van der Waals surface area (Å²) in [5.74, 6) is -0.949. The van der Waals surface area contributed by atoms with Crippen LogP contribution in [0, 0.1) is 11.3 Å². The number of hydrogen-bond acceptors (Lipinski definition) is 4. The maximum Gasteiger partial charge on any atom is 0.282 e. The number of nitriles is 1. The van der Waals surface area contributed by atoms with Crippen LogP contribution in [0.4, 0.5) is 0 Å². The standard InChI is InChI=1S/C11H21NO3/c1-4-13-11(14-5-2,15-6-3)9-7-8-10-12/h4-9H2,1-3H3. The van der Waals surface area contributed by atoms with Gasteiger partial charge in [0.05, 0.1) is 6.07 Å². The summed E-state index contributed by atoms with van der Waals surface area (Å²) in [4.78, 5) is 0. The highest BCUT2D eigenvalue weighted by Gasteiger charge is 2.31. The van der Waals surface area contributed by atoms with Crippen LogP contribution in [0.2, 0.25) is 0 Å². The molecule has 0 atom stereocenters. The summed E-state index contributed by atoms with van der Waals surface area (Å²) < 4.78 is 16.5. The van der Waals surface area contributed by atoms with E-state index in [1.165, 1.54) is 0 Å². The molecule has 0 bridgehead atoms. The zero-order chi connectivity index (χ0) is 11.6. The Labute approximate surface area is 92.1 Å². The van der Waals surface area contributed by atoms with Crippen LogP contribution in [0.15, 0.2) is 0 Å². The minimum Gasteiger partial charge on any atom is -0.328 e. The normalized spacial score (nSPS) is 11.3. The van der Waals surface area contributed by atoms with Crippen LogP contribution in [-0.2, 0) is 14.2 Å². The van der Waals surface area contributed by atoms with E-state index in [9.17, 15) is 0 Å². The van der Waals surface area contributed by atoms with Crippen molar-refractivity contribution in [2.75, 3.05) is 19.8 Å². The van der Waals surface area contributed by atoms with Gasteiger partial charge in [-0.15, -0.1) is 0 Å². The number of nitrogens with zero attached hydrogens (tertiary/aromatic N) is 1. The second-order valence-electron chi connectivity index (χ2n) is 2.99. The van der Waals surface area contributed by atoms with Gasteiger partial charge in [0.15, 0.2) is 0 Å². The number of rotatable bonds is 9. The molecule has 0 amide bonds. The van der Waals surface area contributed by atoms with Crippen LogP contribution < -0.4 is 0 Å². The highest BCUT2D eigenvalue weighted by Crippen LogP contribution is 2.22. The molecule has 0 aliphatic rings. The van der Waals surface area contributed by atoms with Crippen molar-refractivity contribution in [3.63, 3.8) is 0 Å². The summed E-state index contributed by atoms with van der Waals surface area (Å²) in [6.07, 6.45) is 1.81. The van der Waals surface area contributed by atoms with Crippen LogP contribution in [0.3, 0.4) is 0 Å². The van der Waals surface area contributed by atoms with Crippen LogP contribution >= 0.6 is 0 Å². The molecule has 0 aromatic heterocycles. The molecule has 0 aliphatic carbocycles. The maximum absolute atomic E-state index is 8.48. The molecule has 88 valence electrons. The predicted molar refractivity (Wildman–Crippen MR) is 57.1 cm³/mol. The molecule has 4 heteroatoms. The van der Waals surface area contributed by atoms with Gasteiger partial charge >= 0.3 is 0 Å². The molecule has 15 heavy (non-hydrogen) atoms. The van der Waals surface area contributed by atoms with Crippen molar-refractivity contribution in [3.8, 4) is 6.07 Å². The molecule has 0 N–H and O–H groups in total. The van der Waals surface area contributed by atoms with E-state index in [1.807, 2.05) is 20.8 Å². The minimum absolute atomic E-state index is 0.495. The molecule has 0 unspecified atom stereocenters. The van der Waals surface area contributed by atoms with E-state index in [0.717, 1.165) is 6.42 Å². The lowest BCUT2D eigenvalue weighted by molar-refractivity contribution is -0.379. The second kappa shape index (κ2) is 8.66. The molecular formula is C11H21NO3. The maximum atomic E-state index is 8.48. The van der Waals surface area contributed by atoms with E-state index in [2.05, 4.69) is 6.07 Å². The Hall–Kier alpha value is -0.630. The van der Waals surface area contributed by atoms with E-state index in [-0.39, 0.29) is 0 Å². The molecule has 0 aromatic carbocycles. The summed E-state index contributed by atoms with van der Waals surface area (Å²) in [6, 6.07) is 2.10. The smallest absolute Gasteiger partial charge is 0.282 e. The Morgan fingerprint density at radius 3 is 1.80 bits per heavy atom. The first kappa shape index (κ1) is 14.4. The molecular weight excluding hydrogens is 194 g/mol. The van der Waals surface area contributed by atoms with Gasteiger partial charge in [-0.2, -0.15) is 5.26 Å². The van der Waals surface area contributed by atoms with Crippen molar-refractivity contribution in [3.05, 3.63) is 0 Å². The first-order chi connectivity index (χ1) is 7.24. The fraction of sp³-hybridized carbons (Fsp3) is 0.909. The van der Waals surface area contributed by atoms with Crippen molar-refractivity contribution in [1.82, 2.24) is 0 Å². The summed E-state index contributed by atoms with van der Waals surface area (Å²) in [5.41, 5.74) is 0. The Bertz CT molecular complexity index is 172. The third kappa shape index (κ3) is 5.73. The van der Waals surface area contributed by atoms with E-state index in [1.54, 1.807) is 0 Å². The highest BCUT2D eigenvalue weighted by molar-refractivity contribution is 4.70. The van der Waals surface area contributed by atoms with Crippen molar-refractivity contribution < 1.29 is 14.2 Å². The highest BCUT2D eigenvalue weighted by atomic mass is 16.9. The lowest BCUT2D eigenvalue weighted by Gasteiger charge is -2.32. The zero-order valence-electron chi connectivity index (χ0n) is 9.91. The molecule has 0 spiro atoms. The SMILES string of the molecule is CCOC(CCCC#N)(OCC)OCC. The van der Waals surface area contributed by atoms with Crippen molar-refractivity contribution in [2.24, 2.45) is 0 Å². The van der Waals surface area contributed by atoms with Crippen molar-refractivity contribution in [2.45, 2.75) is 46.0 Å². The van der Waals surface area contributed by atoms with Gasteiger partial charge in [-0.05, 0) is 27.2 Å². The fourth-order valence-corrected chi connectivity index (χ4v) is 1.39. The lowest BCUT2D eigenvalue weighted by atomic mass is 10.2. The minimum atomic E-state index is -0.949. The molecule has 0 heterocycles. The van der Waals surface area contributed by atoms with Crippen LogP contribution in [0.5, 0.6) is 0 Å². The first-order valence-electron chi connectivity index (χ1n) is 5.53. The summed E-state index contributed by atoms with van der Waals surface area (Å²) in [7, 11) is 0. The number of hydrogen-bond donors (Lipinski definition) is 0. The quantitative estimate of drug-likeness (QED) is 0.438. The molecule has 4 nitrogen and oxygen atoms in total. The largest absolute Gasteiger partial charge is 0.328 e. The average molecular weight is 215 g/mol. The van der Waals surface area contributed by atoms with Gasteiger partial charge in [0.25, 0.3) is 5.97 Å². The second-order valence-corrected chi connectivity index (χ2v) is 2.99. The van der Waals surface area contributed by atoms with E-state index in [4.69, 9.17) is 19.5 Å². The molecule has 0 radical (unpaired) electrons. The van der Waals surface area contributed by atoms with Crippen LogP contribution in [0.25, 0.3) is 0 Å². The summed E-state index contributed by atoms with van der Waals surface area (Å²) in [6.45, 7) is 7.30. The topological polar surface area (TPSA) is 51.5 Å². The Kier molecular flexibility index (Phi) is 8.30. The Morgan fingerprint density at radius 1 is 1.00 bits per heavy atom. The van der Waals surface area contributed by atoms with Gasteiger partial charge in [-0.25, -0.2) is 0 Å².